The molecule has 5 nitrogen and oxygen atoms in total. The van der Waals surface area contributed by atoms with Crippen LogP contribution in [0.25, 0.3) is 6.08 Å². The Morgan fingerprint density at radius 2 is 1.88 bits per heavy atom. The Hall–Kier alpha value is -2.15. The maximum atomic E-state index is 12.0. The molecular formula is C17H14ClNO4S. The van der Waals surface area contributed by atoms with E-state index in [1.807, 2.05) is 12.1 Å². The lowest BCUT2D eigenvalue weighted by molar-refractivity contribution is -0.135. The molecule has 1 heterocycles. The van der Waals surface area contributed by atoms with E-state index in [2.05, 4.69) is 0 Å². The monoisotopic (exact) mass is 363 g/mol. The van der Waals surface area contributed by atoms with Crippen LogP contribution in [0, 0.1) is 0 Å². The van der Waals surface area contributed by atoms with Gasteiger partial charge in [-0.1, -0.05) is 35.9 Å². The van der Waals surface area contributed by atoms with Gasteiger partial charge in [0.05, 0.1) is 10.8 Å². The van der Waals surface area contributed by atoms with Gasteiger partial charge in [0.2, 0.25) is 10.0 Å². The van der Waals surface area contributed by atoms with E-state index in [0.717, 1.165) is 5.56 Å². The van der Waals surface area contributed by atoms with Crippen LogP contribution in [0.5, 0.6) is 0 Å². The van der Waals surface area contributed by atoms with Crippen molar-refractivity contribution in [2.24, 2.45) is 5.14 Å². The number of sulfonamides is 1. The third-order valence-corrected chi connectivity index (χ3v) is 4.94. The van der Waals surface area contributed by atoms with Gasteiger partial charge in [0.15, 0.2) is 0 Å². The SMILES string of the molecule is NS(=O)(=O)c1ccc(/C=C2\C(=O)OCC2c2cccc(Cl)c2)cc1. The predicted octanol–water partition coefficient (Wildman–Crippen LogP) is 2.71. The molecule has 0 bridgehead atoms. The Morgan fingerprint density at radius 3 is 2.50 bits per heavy atom. The smallest absolute Gasteiger partial charge is 0.334 e. The number of nitrogens with two attached hydrogens (primary N) is 1. The normalized spacial score (nSPS) is 19.5. The van der Waals surface area contributed by atoms with E-state index in [1.165, 1.54) is 12.1 Å². The van der Waals surface area contributed by atoms with Crippen LogP contribution in [0.2, 0.25) is 5.02 Å². The first kappa shape index (κ1) is 16.7. The minimum atomic E-state index is -3.74. The fourth-order valence-electron chi connectivity index (χ4n) is 2.57. The molecule has 3 rings (SSSR count). The van der Waals surface area contributed by atoms with Crippen molar-refractivity contribution in [2.75, 3.05) is 6.61 Å². The molecule has 124 valence electrons. The van der Waals surface area contributed by atoms with Crippen molar-refractivity contribution >= 4 is 33.7 Å². The second-order valence-corrected chi connectivity index (χ2v) is 7.42. The van der Waals surface area contributed by atoms with Crippen LogP contribution in [0.4, 0.5) is 0 Å². The van der Waals surface area contributed by atoms with E-state index in [9.17, 15) is 13.2 Å². The van der Waals surface area contributed by atoms with Crippen molar-refractivity contribution in [1.29, 1.82) is 0 Å². The van der Waals surface area contributed by atoms with Crippen molar-refractivity contribution in [3.8, 4) is 0 Å². The fraction of sp³-hybridized carbons (Fsp3) is 0.118. The second-order valence-electron chi connectivity index (χ2n) is 5.42. The van der Waals surface area contributed by atoms with E-state index in [0.29, 0.717) is 16.2 Å². The zero-order chi connectivity index (χ0) is 17.3. The van der Waals surface area contributed by atoms with Crippen molar-refractivity contribution in [3.05, 3.63) is 70.3 Å². The molecule has 0 aliphatic carbocycles. The molecule has 0 aromatic heterocycles. The van der Waals surface area contributed by atoms with Crippen LogP contribution < -0.4 is 5.14 Å². The molecule has 24 heavy (non-hydrogen) atoms. The number of cyclic esters (lactones) is 1. The fourth-order valence-corrected chi connectivity index (χ4v) is 3.28. The standard InChI is InChI=1S/C17H14ClNO4S/c18-13-3-1-2-12(9-13)16-10-23-17(20)15(16)8-11-4-6-14(7-5-11)24(19,21)22/h1-9,16H,10H2,(H2,19,21,22)/b15-8-. The van der Waals surface area contributed by atoms with Crippen molar-refractivity contribution < 1.29 is 17.9 Å². The number of hydrogen-bond acceptors (Lipinski definition) is 4. The van der Waals surface area contributed by atoms with Gasteiger partial charge in [0, 0.05) is 10.6 Å². The molecule has 2 aromatic carbocycles. The summed E-state index contributed by atoms with van der Waals surface area (Å²) in [6.45, 7) is 0.250. The number of primary sulfonamides is 1. The molecule has 2 aromatic rings. The van der Waals surface area contributed by atoms with Crippen LogP contribution in [-0.2, 0) is 19.6 Å². The van der Waals surface area contributed by atoms with Gasteiger partial charge in [0.25, 0.3) is 0 Å². The first-order valence-electron chi connectivity index (χ1n) is 7.11. The molecule has 0 amide bonds. The lowest BCUT2D eigenvalue weighted by Gasteiger charge is -2.09. The molecule has 1 saturated heterocycles. The van der Waals surface area contributed by atoms with E-state index in [-0.39, 0.29) is 17.4 Å². The molecule has 1 fully saturated rings. The molecule has 1 aliphatic heterocycles. The summed E-state index contributed by atoms with van der Waals surface area (Å²) in [6, 6.07) is 13.2. The molecule has 0 radical (unpaired) electrons. The van der Waals surface area contributed by atoms with Crippen molar-refractivity contribution in [3.63, 3.8) is 0 Å². The van der Waals surface area contributed by atoms with Gasteiger partial charge in [-0.2, -0.15) is 0 Å². The summed E-state index contributed by atoms with van der Waals surface area (Å²) in [5.41, 5.74) is 2.07. The highest BCUT2D eigenvalue weighted by Gasteiger charge is 2.31. The molecule has 0 saturated carbocycles. The molecule has 1 unspecified atom stereocenters. The van der Waals surface area contributed by atoms with Gasteiger partial charge < -0.3 is 4.74 Å². The summed E-state index contributed by atoms with van der Waals surface area (Å²) in [5.74, 6) is -0.607. The lowest BCUT2D eigenvalue weighted by atomic mass is 9.92. The molecule has 2 N–H and O–H groups in total. The average Bonchev–Trinajstić information content (AvgIpc) is 2.88. The van der Waals surface area contributed by atoms with Gasteiger partial charge in [-0.3, -0.25) is 0 Å². The number of halogens is 1. The Balaban J connectivity index is 1.96. The Labute approximate surface area is 144 Å². The lowest BCUT2D eigenvalue weighted by Crippen LogP contribution is -2.11. The highest BCUT2D eigenvalue weighted by Crippen LogP contribution is 2.33. The highest BCUT2D eigenvalue weighted by molar-refractivity contribution is 7.89. The largest absolute Gasteiger partial charge is 0.461 e. The van der Waals surface area contributed by atoms with Crippen LogP contribution in [0.3, 0.4) is 0 Å². The van der Waals surface area contributed by atoms with Crippen molar-refractivity contribution in [2.45, 2.75) is 10.8 Å². The Morgan fingerprint density at radius 1 is 1.17 bits per heavy atom. The Kier molecular flexibility index (Phi) is 4.45. The molecule has 1 aliphatic rings. The highest BCUT2D eigenvalue weighted by atomic mass is 35.5. The van der Waals surface area contributed by atoms with Gasteiger partial charge in [-0.25, -0.2) is 18.4 Å². The van der Waals surface area contributed by atoms with E-state index < -0.39 is 16.0 Å². The number of benzene rings is 2. The summed E-state index contributed by atoms with van der Waals surface area (Å²) >= 11 is 6.01. The summed E-state index contributed by atoms with van der Waals surface area (Å²) in [5, 5.41) is 5.66. The Bertz CT molecular complexity index is 920. The van der Waals surface area contributed by atoms with E-state index in [4.69, 9.17) is 21.5 Å². The predicted molar refractivity (Wildman–Crippen MR) is 90.9 cm³/mol. The average molecular weight is 364 g/mol. The third-order valence-electron chi connectivity index (χ3n) is 3.77. The van der Waals surface area contributed by atoms with E-state index >= 15 is 0 Å². The zero-order valence-corrected chi connectivity index (χ0v) is 14.0. The first-order valence-corrected chi connectivity index (χ1v) is 9.04. The van der Waals surface area contributed by atoms with Crippen LogP contribution in [-0.4, -0.2) is 21.0 Å². The summed E-state index contributed by atoms with van der Waals surface area (Å²) in [4.78, 5) is 12.1. The topological polar surface area (TPSA) is 86.5 Å². The molecule has 0 spiro atoms. The number of carbonyl (C=O) groups is 1. The van der Waals surface area contributed by atoms with Gasteiger partial charge in [0.1, 0.15) is 6.61 Å². The summed E-state index contributed by atoms with van der Waals surface area (Å²) in [7, 11) is -3.74. The zero-order valence-electron chi connectivity index (χ0n) is 12.5. The second kappa shape index (κ2) is 6.39. The van der Waals surface area contributed by atoms with Gasteiger partial charge >= 0.3 is 5.97 Å². The molecule has 7 heteroatoms. The van der Waals surface area contributed by atoms with Crippen molar-refractivity contribution in [1.82, 2.24) is 0 Å². The van der Waals surface area contributed by atoms with E-state index in [1.54, 1.807) is 30.3 Å². The minimum Gasteiger partial charge on any atom is -0.461 e. The molecular weight excluding hydrogens is 350 g/mol. The number of rotatable bonds is 3. The van der Waals surface area contributed by atoms with Gasteiger partial charge in [-0.15, -0.1) is 0 Å². The maximum absolute atomic E-state index is 12.0. The van der Waals surface area contributed by atoms with Gasteiger partial charge in [-0.05, 0) is 41.5 Å². The maximum Gasteiger partial charge on any atom is 0.334 e. The summed E-state index contributed by atoms with van der Waals surface area (Å²) in [6.07, 6.45) is 1.69. The number of carbonyl (C=O) groups excluding carboxylic acids is 1. The number of ether oxygens (including phenoxy) is 1. The van der Waals surface area contributed by atoms with Crippen LogP contribution >= 0.6 is 11.6 Å². The van der Waals surface area contributed by atoms with Crippen LogP contribution in [0.15, 0.2) is 59.0 Å². The first-order chi connectivity index (χ1) is 11.3. The number of hydrogen-bond donors (Lipinski definition) is 1. The minimum absolute atomic E-state index is 0.0186. The van der Waals surface area contributed by atoms with Crippen LogP contribution in [0.1, 0.15) is 17.0 Å². The molecule has 1 atom stereocenters. The summed E-state index contributed by atoms with van der Waals surface area (Å²) < 4.78 is 27.7. The quantitative estimate of drug-likeness (QED) is 0.671. The number of esters is 1. The third kappa shape index (κ3) is 3.51.